The maximum absolute atomic E-state index is 12.1. The number of nitrogens with one attached hydrogen (secondary N) is 1. The molecular formula is C10H17F3N2O. The van der Waals surface area contributed by atoms with Crippen LogP contribution in [0, 0.1) is 23.2 Å². The Morgan fingerprint density at radius 3 is 2.50 bits per heavy atom. The number of nitrogens with zero attached hydrogens (tertiary/aromatic N) is 1. The van der Waals surface area contributed by atoms with E-state index in [1.807, 2.05) is 6.92 Å². The van der Waals surface area contributed by atoms with Crippen LogP contribution < -0.4 is 5.32 Å². The number of aliphatic hydroxyl groups is 1. The molecule has 0 aromatic carbocycles. The van der Waals surface area contributed by atoms with Gasteiger partial charge in [-0.05, 0) is 25.3 Å². The van der Waals surface area contributed by atoms with Crippen LogP contribution in [0.1, 0.15) is 19.8 Å². The Morgan fingerprint density at radius 1 is 1.44 bits per heavy atom. The maximum atomic E-state index is 12.1. The highest BCUT2D eigenvalue weighted by Gasteiger charge is 2.39. The van der Waals surface area contributed by atoms with Gasteiger partial charge in [-0.2, -0.15) is 18.4 Å². The van der Waals surface area contributed by atoms with Crippen molar-refractivity contribution in [3.63, 3.8) is 0 Å². The Morgan fingerprint density at radius 2 is 2.06 bits per heavy atom. The van der Waals surface area contributed by atoms with Crippen molar-refractivity contribution in [3.8, 4) is 6.07 Å². The van der Waals surface area contributed by atoms with Crippen molar-refractivity contribution in [1.29, 1.82) is 5.26 Å². The van der Waals surface area contributed by atoms with Gasteiger partial charge in [0, 0.05) is 13.2 Å². The summed E-state index contributed by atoms with van der Waals surface area (Å²) < 4.78 is 36.4. The first-order valence-electron chi connectivity index (χ1n) is 5.19. The van der Waals surface area contributed by atoms with Crippen molar-refractivity contribution in [2.24, 2.45) is 11.8 Å². The van der Waals surface area contributed by atoms with Gasteiger partial charge in [-0.3, -0.25) is 0 Å². The molecule has 0 aromatic rings. The Balaban J connectivity index is 3.62. The highest BCUT2D eigenvalue weighted by Crippen LogP contribution is 2.24. The van der Waals surface area contributed by atoms with E-state index in [1.54, 1.807) is 0 Å². The summed E-state index contributed by atoms with van der Waals surface area (Å²) in [4.78, 5) is 0. The zero-order chi connectivity index (χ0) is 12.6. The van der Waals surface area contributed by atoms with E-state index >= 15 is 0 Å². The Bertz CT molecular complexity index is 225. The predicted octanol–water partition coefficient (Wildman–Crippen LogP) is 1.69. The van der Waals surface area contributed by atoms with Crippen molar-refractivity contribution in [2.75, 3.05) is 19.7 Å². The molecule has 0 aromatic heterocycles. The smallest absolute Gasteiger partial charge is 0.396 e. The maximum Gasteiger partial charge on any atom is 0.405 e. The molecule has 0 aliphatic carbocycles. The molecule has 0 aliphatic rings. The molecule has 0 radical (unpaired) electrons. The second-order valence-electron chi connectivity index (χ2n) is 3.86. The van der Waals surface area contributed by atoms with E-state index in [1.165, 1.54) is 6.07 Å². The van der Waals surface area contributed by atoms with Gasteiger partial charge in [0.1, 0.15) is 0 Å². The van der Waals surface area contributed by atoms with Gasteiger partial charge in [0.05, 0.1) is 6.07 Å². The molecule has 6 heteroatoms. The SMILES string of the molecule is CC(CO)CCCNCC(C#N)C(F)(F)F. The van der Waals surface area contributed by atoms with Crippen LogP contribution in [0.25, 0.3) is 0 Å². The summed E-state index contributed by atoms with van der Waals surface area (Å²) in [6.07, 6.45) is -3.01. The zero-order valence-corrected chi connectivity index (χ0v) is 9.22. The number of aliphatic hydroxyl groups excluding tert-OH is 1. The van der Waals surface area contributed by atoms with Crippen LogP contribution in [0.15, 0.2) is 0 Å². The van der Waals surface area contributed by atoms with Gasteiger partial charge in [0.2, 0.25) is 0 Å². The number of rotatable bonds is 7. The van der Waals surface area contributed by atoms with E-state index in [0.29, 0.717) is 13.0 Å². The molecule has 2 unspecified atom stereocenters. The number of hydrogen-bond donors (Lipinski definition) is 2. The minimum absolute atomic E-state index is 0.0867. The molecule has 2 atom stereocenters. The lowest BCUT2D eigenvalue weighted by Gasteiger charge is -2.14. The third-order valence-electron chi connectivity index (χ3n) is 2.26. The van der Waals surface area contributed by atoms with Crippen LogP contribution in [-0.4, -0.2) is 31.0 Å². The van der Waals surface area contributed by atoms with Gasteiger partial charge in [0.25, 0.3) is 0 Å². The molecule has 3 nitrogen and oxygen atoms in total. The van der Waals surface area contributed by atoms with Gasteiger partial charge >= 0.3 is 6.18 Å². The molecule has 16 heavy (non-hydrogen) atoms. The summed E-state index contributed by atoms with van der Waals surface area (Å²) >= 11 is 0. The lowest BCUT2D eigenvalue weighted by Crippen LogP contribution is -2.33. The monoisotopic (exact) mass is 238 g/mol. The Labute approximate surface area is 93.3 Å². The highest BCUT2D eigenvalue weighted by atomic mass is 19.4. The fourth-order valence-corrected chi connectivity index (χ4v) is 1.15. The van der Waals surface area contributed by atoms with Crippen LogP contribution in [-0.2, 0) is 0 Å². The van der Waals surface area contributed by atoms with E-state index in [9.17, 15) is 13.2 Å². The highest BCUT2D eigenvalue weighted by molar-refractivity contribution is 4.89. The standard InChI is InChI=1S/C10H17F3N2O/c1-8(7-16)3-2-4-15-6-9(5-14)10(11,12)13/h8-9,15-16H,2-4,6-7H2,1H3. The largest absolute Gasteiger partial charge is 0.405 e. The normalized spacial score (nSPS) is 15.5. The molecule has 0 saturated carbocycles. The molecule has 0 saturated heterocycles. The summed E-state index contributed by atoms with van der Waals surface area (Å²) in [5.41, 5.74) is 0. The van der Waals surface area contributed by atoms with E-state index < -0.39 is 12.1 Å². The molecule has 0 fully saturated rings. The summed E-state index contributed by atoms with van der Waals surface area (Å²) in [7, 11) is 0. The van der Waals surface area contributed by atoms with Crippen molar-refractivity contribution in [3.05, 3.63) is 0 Å². The van der Waals surface area contributed by atoms with E-state index in [4.69, 9.17) is 10.4 Å². The van der Waals surface area contributed by atoms with Gasteiger partial charge in [-0.25, -0.2) is 0 Å². The average Bonchev–Trinajstić information content (AvgIpc) is 2.20. The van der Waals surface area contributed by atoms with Gasteiger partial charge in [-0.1, -0.05) is 6.92 Å². The minimum Gasteiger partial charge on any atom is -0.396 e. The van der Waals surface area contributed by atoms with Crippen LogP contribution in [0.5, 0.6) is 0 Å². The van der Waals surface area contributed by atoms with Crippen LogP contribution in [0.2, 0.25) is 0 Å². The van der Waals surface area contributed by atoms with Crippen LogP contribution >= 0.6 is 0 Å². The molecule has 94 valence electrons. The van der Waals surface area contributed by atoms with E-state index in [-0.39, 0.29) is 19.1 Å². The minimum atomic E-state index is -4.46. The zero-order valence-electron chi connectivity index (χ0n) is 9.22. The molecule has 0 bridgehead atoms. The quantitative estimate of drug-likeness (QED) is 0.663. The third-order valence-corrected chi connectivity index (χ3v) is 2.26. The molecule has 0 heterocycles. The van der Waals surface area contributed by atoms with Crippen LogP contribution in [0.3, 0.4) is 0 Å². The second kappa shape index (κ2) is 7.47. The van der Waals surface area contributed by atoms with Crippen molar-refractivity contribution in [2.45, 2.75) is 25.9 Å². The van der Waals surface area contributed by atoms with Crippen molar-refractivity contribution in [1.82, 2.24) is 5.32 Å². The first-order valence-corrected chi connectivity index (χ1v) is 5.19. The van der Waals surface area contributed by atoms with E-state index in [0.717, 1.165) is 6.42 Å². The fourth-order valence-electron chi connectivity index (χ4n) is 1.15. The number of alkyl halides is 3. The summed E-state index contributed by atoms with van der Waals surface area (Å²) in [5.74, 6) is -1.78. The fraction of sp³-hybridized carbons (Fsp3) is 0.900. The molecule has 0 rings (SSSR count). The third kappa shape index (κ3) is 6.64. The Kier molecular flexibility index (Phi) is 7.10. The van der Waals surface area contributed by atoms with Gasteiger partial charge < -0.3 is 10.4 Å². The molecule has 0 aliphatic heterocycles. The van der Waals surface area contributed by atoms with Crippen LogP contribution in [0.4, 0.5) is 13.2 Å². The van der Waals surface area contributed by atoms with Gasteiger partial charge in [0.15, 0.2) is 5.92 Å². The topological polar surface area (TPSA) is 56.0 Å². The molecule has 0 spiro atoms. The summed E-state index contributed by atoms with van der Waals surface area (Å²) in [6.45, 7) is 2.02. The average molecular weight is 238 g/mol. The predicted molar refractivity (Wildman–Crippen MR) is 53.5 cm³/mol. The molecule has 2 N–H and O–H groups in total. The lowest BCUT2D eigenvalue weighted by molar-refractivity contribution is -0.157. The first kappa shape index (κ1) is 15.2. The number of hydrogen-bond acceptors (Lipinski definition) is 3. The van der Waals surface area contributed by atoms with Crippen molar-refractivity contribution >= 4 is 0 Å². The van der Waals surface area contributed by atoms with E-state index in [2.05, 4.69) is 5.32 Å². The summed E-state index contributed by atoms with van der Waals surface area (Å²) in [5, 5.41) is 19.6. The molecular weight excluding hydrogens is 221 g/mol. The second-order valence-corrected chi connectivity index (χ2v) is 3.86. The molecule has 0 amide bonds. The van der Waals surface area contributed by atoms with Gasteiger partial charge in [-0.15, -0.1) is 0 Å². The Hall–Kier alpha value is -0.800. The number of nitriles is 1. The van der Waals surface area contributed by atoms with Crippen molar-refractivity contribution < 1.29 is 18.3 Å². The lowest BCUT2D eigenvalue weighted by atomic mass is 10.1. The first-order chi connectivity index (χ1) is 7.41. The summed E-state index contributed by atoms with van der Waals surface area (Å²) in [6, 6.07) is 1.23. The number of halogens is 3.